The fourth-order valence-corrected chi connectivity index (χ4v) is 9.08. The quantitative estimate of drug-likeness (QED) is 0.0919. The molecule has 4 nitrogen and oxygen atoms in total. The first-order valence-corrected chi connectivity index (χ1v) is 18.2. The summed E-state index contributed by atoms with van der Waals surface area (Å²) in [6, 6.07) is 0. The van der Waals surface area contributed by atoms with E-state index in [1.807, 2.05) is 6.92 Å². The molecule has 3 aliphatic rings. The molecule has 4 heteroatoms. The van der Waals surface area contributed by atoms with Crippen molar-refractivity contribution < 1.29 is 20.1 Å². The zero-order valence-electron chi connectivity index (χ0n) is 30.2. The van der Waals surface area contributed by atoms with Gasteiger partial charge in [-0.2, -0.15) is 0 Å². The Bertz CT molecular complexity index is 973. The van der Waals surface area contributed by atoms with Crippen molar-refractivity contribution in [3.05, 3.63) is 36.5 Å². The van der Waals surface area contributed by atoms with Gasteiger partial charge in [-0.25, -0.2) is 0 Å². The Balaban J connectivity index is 1.27. The lowest BCUT2D eigenvalue weighted by Gasteiger charge is -2.48. The van der Waals surface area contributed by atoms with Crippen LogP contribution in [0.15, 0.2) is 36.5 Å². The van der Waals surface area contributed by atoms with Gasteiger partial charge in [0, 0.05) is 24.2 Å². The van der Waals surface area contributed by atoms with Gasteiger partial charge in [0.05, 0.1) is 17.8 Å². The standard InChI is InChI=1S/C40H70O4/c1-29(17-13-19-31(3)21-22-35-36(5,6)25-33(41)27-38(35,9)43)15-11-12-16-30(2)18-14-20-32(4)23-24-40-37(7,8)26-34(42)28-39(40,10)44-40/h13,17,21-24,29-35,41-43H,11-12,14-16,18-20,25-28H2,1-10H3/b17-13+,22-21?,24-23+/t29?,30?,31?,32?,33-,34-,35?,38+,39+,40-/m0/s1. The van der Waals surface area contributed by atoms with E-state index in [4.69, 9.17) is 4.74 Å². The first-order valence-electron chi connectivity index (χ1n) is 18.2. The molecule has 0 aromatic rings. The van der Waals surface area contributed by atoms with Crippen molar-refractivity contribution in [2.24, 2.45) is 40.4 Å². The molecule has 0 radical (unpaired) electrons. The number of ether oxygens (including phenoxy) is 1. The lowest BCUT2D eigenvalue weighted by molar-refractivity contribution is -0.111. The molecule has 2 aliphatic carbocycles. The Kier molecular flexibility index (Phi) is 12.7. The number of allylic oxidation sites excluding steroid dienone is 4. The summed E-state index contributed by atoms with van der Waals surface area (Å²) in [6.45, 7) is 22.2. The number of hydrogen-bond acceptors (Lipinski definition) is 4. The second kappa shape index (κ2) is 14.9. The van der Waals surface area contributed by atoms with Crippen LogP contribution in [-0.4, -0.2) is 44.3 Å². The van der Waals surface area contributed by atoms with E-state index in [1.165, 1.54) is 44.9 Å². The zero-order valence-corrected chi connectivity index (χ0v) is 30.2. The van der Waals surface area contributed by atoms with Crippen molar-refractivity contribution in [2.75, 3.05) is 0 Å². The average Bonchev–Trinajstić information content (AvgIpc) is 3.49. The largest absolute Gasteiger partial charge is 0.393 e. The Labute approximate surface area is 271 Å². The molecule has 0 aromatic carbocycles. The molecule has 1 aliphatic heterocycles. The van der Waals surface area contributed by atoms with Gasteiger partial charge >= 0.3 is 0 Å². The number of unbranched alkanes of at least 4 members (excludes halogenated alkanes) is 1. The van der Waals surface area contributed by atoms with Crippen LogP contribution < -0.4 is 0 Å². The fraction of sp³-hybridized carbons (Fsp3) is 0.850. The minimum absolute atomic E-state index is 0.0321. The van der Waals surface area contributed by atoms with E-state index in [-0.39, 0.29) is 34.1 Å². The number of hydrogen-bond donors (Lipinski definition) is 3. The summed E-state index contributed by atoms with van der Waals surface area (Å²) in [5.41, 5.74) is -1.41. The van der Waals surface area contributed by atoms with Gasteiger partial charge in [-0.3, -0.25) is 0 Å². The van der Waals surface area contributed by atoms with Crippen LogP contribution in [0, 0.1) is 40.4 Å². The van der Waals surface area contributed by atoms with E-state index < -0.39 is 11.7 Å². The predicted octanol–water partition coefficient (Wildman–Crippen LogP) is 9.58. The number of aliphatic hydroxyl groups is 3. The molecule has 2 saturated carbocycles. The summed E-state index contributed by atoms with van der Waals surface area (Å²) < 4.78 is 6.31. The molecule has 1 saturated heterocycles. The topological polar surface area (TPSA) is 73.2 Å². The normalized spacial score (nSPS) is 37.7. The molecule has 0 aromatic heterocycles. The minimum atomic E-state index is -0.859. The van der Waals surface area contributed by atoms with Crippen LogP contribution in [0.4, 0.5) is 0 Å². The van der Waals surface area contributed by atoms with Gasteiger partial charge in [0.1, 0.15) is 11.2 Å². The summed E-state index contributed by atoms with van der Waals surface area (Å²) in [5.74, 6) is 2.46. The van der Waals surface area contributed by atoms with E-state index >= 15 is 0 Å². The minimum Gasteiger partial charge on any atom is -0.393 e. The molecular formula is C40H70O4. The number of rotatable bonds is 16. The van der Waals surface area contributed by atoms with Crippen molar-refractivity contribution in [1.82, 2.24) is 0 Å². The molecule has 0 amide bonds. The third-order valence-corrected chi connectivity index (χ3v) is 11.7. The maximum atomic E-state index is 11.0. The molecule has 10 atom stereocenters. The zero-order chi connectivity index (χ0) is 33.0. The summed E-state index contributed by atoms with van der Waals surface area (Å²) in [4.78, 5) is 0. The van der Waals surface area contributed by atoms with Gasteiger partial charge in [0.25, 0.3) is 0 Å². The summed E-state index contributed by atoms with van der Waals surface area (Å²) in [7, 11) is 0. The molecule has 0 spiro atoms. The summed E-state index contributed by atoms with van der Waals surface area (Å²) in [5, 5.41) is 31.4. The number of fused-ring (bicyclic) bond motifs is 1. The summed E-state index contributed by atoms with van der Waals surface area (Å²) in [6.07, 6.45) is 26.1. The Morgan fingerprint density at radius 1 is 0.705 bits per heavy atom. The maximum Gasteiger partial charge on any atom is 0.121 e. The van der Waals surface area contributed by atoms with Crippen LogP contribution in [0.25, 0.3) is 0 Å². The van der Waals surface area contributed by atoms with Crippen molar-refractivity contribution in [2.45, 2.75) is 175 Å². The average molecular weight is 615 g/mol. The van der Waals surface area contributed by atoms with Gasteiger partial charge in [-0.15, -0.1) is 0 Å². The highest BCUT2D eigenvalue weighted by atomic mass is 16.6. The maximum absolute atomic E-state index is 11.0. The molecule has 3 N–H and O–H groups in total. The number of epoxide rings is 1. The Morgan fingerprint density at radius 3 is 1.95 bits per heavy atom. The van der Waals surface area contributed by atoms with Crippen LogP contribution in [0.3, 0.4) is 0 Å². The first kappa shape index (κ1) is 37.5. The van der Waals surface area contributed by atoms with Gasteiger partial charge in [0.2, 0.25) is 0 Å². The molecule has 44 heavy (non-hydrogen) atoms. The third-order valence-electron chi connectivity index (χ3n) is 11.7. The molecule has 0 bridgehead atoms. The van der Waals surface area contributed by atoms with E-state index in [0.29, 0.717) is 24.2 Å². The van der Waals surface area contributed by atoms with Gasteiger partial charge in [0.15, 0.2) is 0 Å². The monoisotopic (exact) mass is 615 g/mol. The van der Waals surface area contributed by atoms with Crippen molar-refractivity contribution in [3.63, 3.8) is 0 Å². The molecule has 5 unspecified atom stereocenters. The Hall–Kier alpha value is -0.940. The SMILES string of the molecule is CC(C=CC1C(C)(C)C[C@H](O)C[C@@]1(C)O)C/C=C/C(C)CCCCC(C)CCCC(C)/C=C/[C@@]12O[C@]1(C)C[C@@H](O)CC2(C)C. The molecule has 254 valence electrons. The van der Waals surface area contributed by atoms with Crippen LogP contribution in [0.1, 0.15) is 146 Å². The molecule has 1 heterocycles. The fourth-order valence-electron chi connectivity index (χ4n) is 9.08. The van der Waals surface area contributed by atoms with E-state index in [1.54, 1.807) is 0 Å². The van der Waals surface area contributed by atoms with Gasteiger partial charge < -0.3 is 20.1 Å². The van der Waals surface area contributed by atoms with Crippen molar-refractivity contribution in [3.8, 4) is 0 Å². The lowest BCUT2D eigenvalue weighted by Crippen LogP contribution is -2.50. The first-order chi connectivity index (χ1) is 20.3. The van der Waals surface area contributed by atoms with E-state index in [2.05, 4.69) is 98.8 Å². The molecule has 3 fully saturated rings. The number of aliphatic hydroxyl groups excluding tert-OH is 2. The van der Waals surface area contributed by atoms with Crippen LogP contribution in [-0.2, 0) is 4.74 Å². The van der Waals surface area contributed by atoms with E-state index in [9.17, 15) is 15.3 Å². The highest BCUT2D eigenvalue weighted by molar-refractivity contribution is 5.32. The van der Waals surface area contributed by atoms with Gasteiger partial charge in [-0.1, -0.05) is 124 Å². The van der Waals surface area contributed by atoms with Crippen molar-refractivity contribution >= 4 is 0 Å². The lowest BCUT2D eigenvalue weighted by atomic mass is 9.61. The van der Waals surface area contributed by atoms with E-state index in [0.717, 1.165) is 31.6 Å². The van der Waals surface area contributed by atoms with Crippen LogP contribution >= 0.6 is 0 Å². The van der Waals surface area contributed by atoms with Gasteiger partial charge in [-0.05, 0) is 75.0 Å². The highest BCUT2D eigenvalue weighted by Gasteiger charge is 2.74. The smallest absolute Gasteiger partial charge is 0.121 e. The predicted molar refractivity (Wildman–Crippen MR) is 185 cm³/mol. The Morgan fingerprint density at radius 2 is 1.30 bits per heavy atom. The van der Waals surface area contributed by atoms with Crippen LogP contribution in [0.5, 0.6) is 0 Å². The summed E-state index contributed by atoms with van der Waals surface area (Å²) >= 11 is 0. The third kappa shape index (κ3) is 9.55. The second-order valence-corrected chi connectivity index (χ2v) is 17.6. The van der Waals surface area contributed by atoms with Crippen LogP contribution in [0.2, 0.25) is 0 Å². The molecular weight excluding hydrogens is 544 g/mol. The van der Waals surface area contributed by atoms with Crippen molar-refractivity contribution in [1.29, 1.82) is 0 Å². The second-order valence-electron chi connectivity index (χ2n) is 17.6. The molecule has 3 rings (SSSR count). The highest BCUT2D eigenvalue weighted by Crippen LogP contribution is 2.66.